The lowest BCUT2D eigenvalue weighted by atomic mass is 10.1. The van der Waals surface area contributed by atoms with E-state index in [1.165, 1.54) is 30.0 Å². The third-order valence-electron chi connectivity index (χ3n) is 5.03. The Morgan fingerprint density at radius 3 is 2.23 bits per heavy atom. The molecule has 0 aliphatic carbocycles. The number of carbonyl (C=O) groups is 2. The number of para-hydroxylation sites is 1. The Kier molecular flexibility index (Phi) is 5.65. The molecule has 2 amide bonds. The minimum absolute atomic E-state index is 0.0581. The molecule has 3 aromatic rings. The van der Waals surface area contributed by atoms with Crippen LogP contribution in [0.4, 0.5) is 15.8 Å². The van der Waals surface area contributed by atoms with Gasteiger partial charge in [0.2, 0.25) is 0 Å². The van der Waals surface area contributed by atoms with E-state index in [9.17, 15) is 14.0 Å². The van der Waals surface area contributed by atoms with Gasteiger partial charge in [0, 0.05) is 10.6 Å². The largest absolute Gasteiger partial charge is 0.350 e. The Bertz CT molecular complexity index is 1220. The van der Waals surface area contributed by atoms with E-state index >= 15 is 0 Å². The van der Waals surface area contributed by atoms with E-state index in [2.05, 4.69) is 5.32 Å². The molecule has 0 saturated heterocycles. The van der Waals surface area contributed by atoms with Crippen molar-refractivity contribution in [2.24, 2.45) is 0 Å². The third-order valence-corrected chi connectivity index (χ3v) is 6.12. The summed E-state index contributed by atoms with van der Waals surface area (Å²) in [6.45, 7) is 5.85. The van der Waals surface area contributed by atoms with Gasteiger partial charge in [-0.05, 0) is 62.2 Å². The zero-order valence-electron chi connectivity index (χ0n) is 17.4. The van der Waals surface area contributed by atoms with Crippen LogP contribution in [0.1, 0.15) is 16.7 Å². The smallest absolute Gasteiger partial charge is 0.283 e. The number of imide groups is 1. The number of hydrogen-bond donors (Lipinski definition) is 1. The second-order valence-electron chi connectivity index (χ2n) is 7.46. The summed E-state index contributed by atoms with van der Waals surface area (Å²) in [5.74, 6) is -1.75. The zero-order valence-corrected chi connectivity index (χ0v) is 18.2. The molecule has 0 unspecified atom stereocenters. The van der Waals surface area contributed by atoms with Gasteiger partial charge in [0.25, 0.3) is 11.8 Å². The highest BCUT2D eigenvalue weighted by molar-refractivity contribution is 8.04. The molecule has 1 N–H and O–H groups in total. The first-order chi connectivity index (χ1) is 14.8. The van der Waals surface area contributed by atoms with Gasteiger partial charge in [-0.2, -0.15) is 0 Å². The maximum Gasteiger partial charge on any atom is 0.283 e. The molecule has 0 radical (unpaired) electrons. The topological polar surface area (TPSA) is 49.4 Å². The first kappa shape index (κ1) is 20.9. The summed E-state index contributed by atoms with van der Waals surface area (Å²) in [6, 6.07) is 19.3. The fourth-order valence-electron chi connectivity index (χ4n) is 3.30. The maximum absolute atomic E-state index is 14.5. The van der Waals surface area contributed by atoms with Crippen molar-refractivity contribution in [3.05, 3.63) is 99.8 Å². The molecule has 156 valence electrons. The van der Waals surface area contributed by atoms with Crippen LogP contribution < -0.4 is 10.2 Å². The number of halogens is 1. The van der Waals surface area contributed by atoms with Crippen molar-refractivity contribution >= 4 is 35.0 Å². The third kappa shape index (κ3) is 4.11. The average molecular weight is 433 g/mol. The molecule has 0 aromatic heterocycles. The van der Waals surface area contributed by atoms with Crippen LogP contribution in [0.2, 0.25) is 0 Å². The molecular weight excluding hydrogens is 411 g/mol. The Hall–Kier alpha value is -3.38. The van der Waals surface area contributed by atoms with Gasteiger partial charge in [-0.25, -0.2) is 9.29 Å². The van der Waals surface area contributed by atoms with Crippen LogP contribution >= 0.6 is 11.8 Å². The van der Waals surface area contributed by atoms with E-state index in [4.69, 9.17) is 0 Å². The highest BCUT2D eigenvalue weighted by Crippen LogP contribution is 2.38. The Morgan fingerprint density at radius 1 is 0.839 bits per heavy atom. The van der Waals surface area contributed by atoms with Gasteiger partial charge in [-0.15, -0.1) is 0 Å². The normalized spacial score (nSPS) is 13.9. The lowest BCUT2D eigenvalue weighted by molar-refractivity contribution is -0.120. The molecular formula is C25H21FN2O2S. The number of thioether (sulfide) groups is 1. The molecule has 0 saturated carbocycles. The van der Waals surface area contributed by atoms with Gasteiger partial charge in [-0.1, -0.05) is 53.7 Å². The van der Waals surface area contributed by atoms with Gasteiger partial charge in [0.05, 0.1) is 5.69 Å². The highest BCUT2D eigenvalue weighted by Gasteiger charge is 2.41. The lowest BCUT2D eigenvalue weighted by Gasteiger charge is -2.16. The van der Waals surface area contributed by atoms with Gasteiger partial charge < -0.3 is 5.32 Å². The summed E-state index contributed by atoms with van der Waals surface area (Å²) in [4.78, 5) is 28.6. The minimum Gasteiger partial charge on any atom is -0.350 e. The van der Waals surface area contributed by atoms with Crippen molar-refractivity contribution in [1.82, 2.24) is 0 Å². The maximum atomic E-state index is 14.5. The number of carbonyl (C=O) groups excluding carboxylic acids is 2. The predicted octanol–water partition coefficient (Wildman–Crippen LogP) is 5.74. The van der Waals surface area contributed by atoms with Crippen molar-refractivity contribution in [1.29, 1.82) is 0 Å². The van der Waals surface area contributed by atoms with E-state index in [1.807, 2.05) is 63.2 Å². The van der Waals surface area contributed by atoms with Crippen molar-refractivity contribution in [3.8, 4) is 0 Å². The van der Waals surface area contributed by atoms with Crippen LogP contribution in [-0.4, -0.2) is 11.8 Å². The number of anilines is 2. The SMILES string of the molecule is Cc1ccc(SC2=C(Nc3cc(C)ccc3C)C(=O)N(c3ccccc3F)C2=O)cc1. The summed E-state index contributed by atoms with van der Waals surface area (Å²) >= 11 is 1.20. The molecule has 0 bridgehead atoms. The number of aryl methyl sites for hydroxylation is 3. The minimum atomic E-state index is -0.628. The predicted molar refractivity (Wildman–Crippen MR) is 122 cm³/mol. The first-order valence-corrected chi connectivity index (χ1v) is 10.6. The van der Waals surface area contributed by atoms with E-state index in [-0.39, 0.29) is 16.3 Å². The fraction of sp³-hybridized carbons (Fsp3) is 0.120. The molecule has 4 nitrogen and oxygen atoms in total. The molecule has 1 aliphatic heterocycles. The lowest BCUT2D eigenvalue weighted by Crippen LogP contribution is -2.33. The Morgan fingerprint density at radius 2 is 1.52 bits per heavy atom. The molecule has 1 heterocycles. The van der Waals surface area contributed by atoms with Crippen LogP contribution in [0.25, 0.3) is 0 Å². The first-order valence-electron chi connectivity index (χ1n) is 9.81. The van der Waals surface area contributed by atoms with Gasteiger partial charge in [0.1, 0.15) is 16.4 Å². The van der Waals surface area contributed by atoms with E-state index < -0.39 is 17.6 Å². The summed E-state index contributed by atoms with van der Waals surface area (Å²) in [5.41, 5.74) is 3.86. The van der Waals surface area contributed by atoms with E-state index in [0.29, 0.717) is 0 Å². The Labute approximate surface area is 184 Å². The molecule has 6 heteroatoms. The molecule has 0 atom stereocenters. The van der Waals surface area contributed by atoms with Crippen LogP contribution in [0.5, 0.6) is 0 Å². The van der Waals surface area contributed by atoms with Crippen LogP contribution in [0.3, 0.4) is 0 Å². The molecule has 3 aromatic carbocycles. The van der Waals surface area contributed by atoms with Crippen LogP contribution in [0.15, 0.2) is 82.2 Å². The van der Waals surface area contributed by atoms with Crippen molar-refractivity contribution in [2.75, 3.05) is 10.2 Å². The summed E-state index contributed by atoms with van der Waals surface area (Å²) in [7, 11) is 0. The Balaban J connectivity index is 1.79. The number of nitrogens with zero attached hydrogens (tertiary/aromatic N) is 1. The molecule has 1 aliphatic rings. The second kappa shape index (κ2) is 8.40. The van der Waals surface area contributed by atoms with Gasteiger partial charge in [0.15, 0.2) is 0 Å². The zero-order chi connectivity index (χ0) is 22.1. The fourth-order valence-corrected chi connectivity index (χ4v) is 4.22. The number of amides is 2. The van der Waals surface area contributed by atoms with Crippen molar-refractivity contribution in [3.63, 3.8) is 0 Å². The average Bonchev–Trinajstić information content (AvgIpc) is 2.97. The van der Waals surface area contributed by atoms with Crippen LogP contribution in [-0.2, 0) is 9.59 Å². The van der Waals surface area contributed by atoms with E-state index in [1.54, 1.807) is 6.07 Å². The number of benzene rings is 3. The standard InChI is InChI=1S/C25H21FN2O2S/c1-15-9-12-18(13-10-15)31-23-22(27-20-14-16(2)8-11-17(20)3)24(29)28(25(23)30)21-7-5-4-6-19(21)26/h4-14,27H,1-3H3. The van der Waals surface area contributed by atoms with Crippen molar-refractivity contribution < 1.29 is 14.0 Å². The quantitative estimate of drug-likeness (QED) is 0.523. The monoisotopic (exact) mass is 432 g/mol. The number of rotatable bonds is 5. The summed E-state index contributed by atoms with van der Waals surface area (Å²) < 4.78 is 14.5. The molecule has 0 fully saturated rings. The number of nitrogens with one attached hydrogen (secondary N) is 1. The highest BCUT2D eigenvalue weighted by atomic mass is 32.2. The summed E-state index contributed by atoms with van der Waals surface area (Å²) in [5, 5.41) is 3.16. The molecule has 31 heavy (non-hydrogen) atoms. The second-order valence-corrected chi connectivity index (χ2v) is 8.54. The molecule has 4 rings (SSSR count). The molecule has 0 spiro atoms. The van der Waals surface area contributed by atoms with E-state index in [0.717, 1.165) is 32.2 Å². The van der Waals surface area contributed by atoms with Crippen LogP contribution in [0, 0.1) is 26.6 Å². The van der Waals surface area contributed by atoms with Gasteiger partial charge in [-0.3, -0.25) is 9.59 Å². The summed E-state index contributed by atoms with van der Waals surface area (Å²) in [6.07, 6.45) is 0. The number of hydrogen-bond acceptors (Lipinski definition) is 4. The van der Waals surface area contributed by atoms with Crippen molar-refractivity contribution in [2.45, 2.75) is 25.7 Å². The van der Waals surface area contributed by atoms with Gasteiger partial charge >= 0.3 is 0 Å².